The van der Waals surface area contributed by atoms with Gasteiger partial charge in [0.05, 0.1) is 13.2 Å². The van der Waals surface area contributed by atoms with Crippen LogP contribution in [0.2, 0.25) is 0 Å². The molecule has 0 aliphatic heterocycles. The third kappa shape index (κ3) is 6.15. The molecule has 0 aliphatic rings. The van der Waals surface area contributed by atoms with Gasteiger partial charge in [0, 0.05) is 19.4 Å². The molecular formula is C12H19N3O3. The molecule has 1 heterocycles. The Kier molecular flexibility index (Phi) is 6.07. The first kappa shape index (κ1) is 14.4. The average Bonchev–Trinajstić information content (AvgIpc) is 2.71. The topological polar surface area (TPSA) is 77.2 Å². The van der Waals surface area contributed by atoms with Crippen LogP contribution in [0.15, 0.2) is 16.7 Å². The molecule has 18 heavy (non-hydrogen) atoms. The van der Waals surface area contributed by atoms with Crippen molar-refractivity contribution in [2.45, 2.75) is 26.7 Å². The Morgan fingerprint density at radius 3 is 2.94 bits per heavy atom. The molecule has 0 aliphatic carbocycles. The summed E-state index contributed by atoms with van der Waals surface area (Å²) in [5.74, 6) is 1.02. The molecule has 1 aromatic heterocycles. The van der Waals surface area contributed by atoms with Crippen LogP contribution in [-0.4, -0.2) is 35.8 Å². The predicted octanol–water partition coefficient (Wildman–Crippen LogP) is 1.02. The quantitative estimate of drug-likeness (QED) is 0.553. The fourth-order valence-electron chi connectivity index (χ4n) is 1.26. The summed E-state index contributed by atoms with van der Waals surface area (Å²) in [5.41, 5.74) is 0.966. The summed E-state index contributed by atoms with van der Waals surface area (Å²) in [5, 5.41) is 6.40. The molecule has 100 valence electrons. The van der Waals surface area contributed by atoms with E-state index in [1.165, 1.54) is 0 Å². The first-order valence-electron chi connectivity index (χ1n) is 5.86. The summed E-state index contributed by atoms with van der Waals surface area (Å²) in [6.07, 6.45) is 0.793. The summed E-state index contributed by atoms with van der Waals surface area (Å²) < 4.78 is 10.2. The van der Waals surface area contributed by atoms with Gasteiger partial charge in [-0.15, -0.1) is 0 Å². The van der Waals surface area contributed by atoms with E-state index in [1.54, 1.807) is 6.92 Å². The number of carbonyl (C=O) groups excluding carboxylic acids is 1. The first-order valence-corrected chi connectivity index (χ1v) is 5.86. The van der Waals surface area contributed by atoms with Gasteiger partial charge in [-0.1, -0.05) is 17.3 Å². The molecule has 0 saturated heterocycles. The second-order valence-electron chi connectivity index (χ2n) is 4.09. The van der Waals surface area contributed by atoms with E-state index in [0.29, 0.717) is 44.3 Å². The van der Waals surface area contributed by atoms with Crippen molar-refractivity contribution in [3.8, 4) is 0 Å². The maximum atomic E-state index is 11.4. The number of hydrogen-bond acceptors (Lipinski definition) is 5. The number of hydrogen-bond donors (Lipinski definition) is 1. The Morgan fingerprint density at radius 1 is 1.56 bits per heavy atom. The number of amides is 1. The average molecular weight is 253 g/mol. The second kappa shape index (κ2) is 7.60. The third-order valence-corrected chi connectivity index (χ3v) is 2.05. The minimum absolute atomic E-state index is 0.0511. The smallest absolute Gasteiger partial charge is 0.227 e. The summed E-state index contributed by atoms with van der Waals surface area (Å²) in [6.45, 7) is 8.86. The van der Waals surface area contributed by atoms with Crippen molar-refractivity contribution in [1.82, 2.24) is 15.5 Å². The van der Waals surface area contributed by atoms with Crippen molar-refractivity contribution in [3.05, 3.63) is 23.9 Å². The van der Waals surface area contributed by atoms with Gasteiger partial charge in [0.1, 0.15) is 0 Å². The largest absolute Gasteiger partial charge is 0.375 e. The number of rotatable bonds is 8. The molecule has 1 aromatic rings. The lowest BCUT2D eigenvalue weighted by Gasteiger charge is -2.05. The van der Waals surface area contributed by atoms with E-state index in [0.717, 1.165) is 5.57 Å². The van der Waals surface area contributed by atoms with E-state index < -0.39 is 0 Å². The van der Waals surface area contributed by atoms with Crippen molar-refractivity contribution in [2.24, 2.45) is 0 Å². The van der Waals surface area contributed by atoms with Crippen LogP contribution in [0.25, 0.3) is 0 Å². The first-order chi connectivity index (χ1) is 8.58. The highest BCUT2D eigenvalue weighted by Gasteiger charge is 2.06. The van der Waals surface area contributed by atoms with Crippen LogP contribution in [0.3, 0.4) is 0 Å². The lowest BCUT2D eigenvalue weighted by molar-refractivity contribution is -0.121. The Labute approximate surface area is 106 Å². The molecule has 0 bridgehead atoms. The van der Waals surface area contributed by atoms with E-state index >= 15 is 0 Å². The maximum Gasteiger partial charge on any atom is 0.227 e. The molecule has 0 unspecified atom stereocenters. The molecule has 0 atom stereocenters. The van der Waals surface area contributed by atoms with Gasteiger partial charge in [-0.05, 0) is 13.8 Å². The van der Waals surface area contributed by atoms with Crippen molar-refractivity contribution in [2.75, 3.05) is 19.8 Å². The molecule has 6 heteroatoms. The van der Waals surface area contributed by atoms with E-state index in [1.807, 2.05) is 6.92 Å². The highest BCUT2D eigenvalue weighted by atomic mass is 16.5. The van der Waals surface area contributed by atoms with E-state index in [-0.39, 0.29) is 5.91 Å². The molecule has 1 rings (SSSR count). The highest BCUT2D eigenvalue weighted by molar-refractivity contribution is 5.75. The zero-order valence-corrected chi connectivity index (χ0v) is 10.9. The Bertz CT molecular complexity index is 401. The molecule has 1 N–H and O–H groups in total. The number of aryl methyl sites for hydroxylation is 2. The van der Waals surface area contributed by atoms with Crippen LogP contribution in [0.5, 0.6) is 0 Å². The highest BCUT2D eigenvalue weighted by Crippen LogP contribution is 1.99. The van der Waals surface area contributed by atoms with Gasteiger partial charge in [0.25, 0.3) is 0 Å². The van der Waals surface area contributed by atoms with Crippen molar-refractivity contribution >= 4 is 5.91 Å². The van der Waals surface area contributed by atoms with Gasteiger partial charge < -0.3 is 14.6 Å². The fourth-order valence-corrected chi connectivity index (χ4v) is 1.26. The number of aromatic nitrogens is 2. The maximum absolute atomic E-state index is 11.4. The number of nitrogens with one attached hydrogen (secondary N) is 1. The van der Waals surface area contributed by atoms with Gasteiger partial charge in [-0.3, -0.25) is 4.79 Å². The molecule has 0 saturated carbocycles. The van der Waals surface area contributed by atoms with Crippen LogP contribution < -0.4 is 5.32 Å². The SMILES string of the molecule is C=C(C)COCCNC(=O)CCc1nc(C)no1. The van der Waals surface area contributed by atoms with Crippen molar-refractivity contribution in [1.29, 1.82) is 0 Å². The Morgan fingerprint density at radius 2 is 2.33 bits per heavy atom. The van der Waals surface area contributed by atoms with E-state index in [4.69, 9.17) is 9.26 Å². The van der Waals surface area contributed by atoms with Crippen LogP contribution in [-0.2, 0) is 16.0 Å². The van der Waals surface area contributed by atoms with Gasteiger partial charge >= 0.3 is 0 Å². The van der Waals surface area contributed by atoms with Crippen molar-refractivity contribution in [3.63, 3.8) is 0 Å². The molecule has 0 spiro atoms. The third-order valence-electron chi connectivity index (χ3n) is 2.05. The fraction of sp³-hybridized carbons (Fsp3) is 0.583. The minimum atomic E-state index is -0.0511. The zero-order chi connectivity index (χ0) is 13.4. The lowest BCUT2D eigenvalue weighted by atomic mass is 10.3. The minimum Gasteiger partial charge on any atom is -0.375 e. The van der Waals surface area contributed by atoms with Crippen molar-refractivity contribution < 1.29 is 14.1 Å². The summed E-state index contributed by atoms with van der Waals surface area (Å²) in [6, 6.07) is 0. The normalized spacial score (nSPS) is 10.3. The number of carbonyl (C=O) groups is 1. The molecule has 6 nitrogen and oxygen atoms in total. The van der Waals surface area contributed by atoms with Crippen LogP contribution in [0, 0.1) is 6.92 Å². The van der Waals surface area contributed by atoms with Gasteiger partial charge in [0.2, 0.25) is 11.8 Å². The standard InChI is InChI=1S/C12H19N3O3/c1-9(2)8-17-7-6-13-11(16)4-5-12-14-10(3)15-18-12/h1,4-8H2,2-3H3,(H,13,16). The summed E-state index contributed by atoms with van der Waals surface area (Å²) in [4.78, 5) is 15.5. The predicted molar refractivity (Wildman–Crippen MR) is 66.0 cm³/mol. The van der Waals surface area contributed by atoms with Gasteiger partial charge in [0.15, 0.2) is 5.82 Å². The summed E-state index contributed by atoms with van der Waals surface area (Å²) >= 11 is 0. The van der Waals surface area contributed by atoms with Crippen LogP contribution in [0.1, 0.15) is 25.1 Å². The molecule has 0 aromatic carbocycles. The Hall–Kier alpha value is -1.69. The monoisotopic (exact) mass is 253 g/mol. The zero-order valence-electron chi connectivity index (χ0n) is 10.9. The number of ether oxygens (including phenoxy) is 1. The van der Waals surface area contributed by atoms with Gasteiger partial charge in [-0.25, -0.2) is 0 Å². The molecule has 0 radical (unpaired) electrons. The molecular weight excluding hydrogens is 234 g/mol. The van der Waals surface area contributed by atoms with E-state index in [9.17, 15) is 4.79 Å². The second-order valence-corrected chi connectivity index (χ2v) is 4.09. The Balaban J connectivity index is 2.05. The lowest BCUT2D eigenvalue weighted by Crippen LogP contribution is -2.27. The van der Waals surface area contributed by atoms with Crippen LogP contribution in [0.4, 0.5) is 0 Å². The molecule has 1 amide bonds. The summed E-state index contributed by atoms with van der Waals surface area (Å²) in [7, 11) is 0. The van der Waals surface area contributed by atoms with E-state index in [2.05, 4.69) is 22.0 Å². The number of nitrogens with zero attached hydrogens (tertiary/aromatic N) is 2. The van der Waals surface area contributed by atoms with Gasteiger partial charge in [-0.2, -0.15) is 4.98 Å². The van der Waals surface area contributed by atoms with Crippen LogP contribution >= 0.6 is 0 Å². The molecule has 0 fully saturated rings.